The lowest BCUT2D eigenvalue weighted by Gasteiger charge is -2.29. The Morgan fingerprint density at radius 1 is 0.926 bits per heavy atom. The van der Waals surface area contributed by atoms with Crippen molar-refractivity contribution in [1.29, 1.82) is 0 Å². The molecule has 0 spiro atoms. The summed E-state index contributed by atoms with van der Waals surface area (Å²) in [7, 11) is 0. The number of amides is 2. The second-order valence-corrected chi connectivity index (χ2v) is 6.87. The number of hydrogen-bond acceptors (Lipinski definition) is 2. The largest absolute Gasteiger partial charge is 0.347 e. The zero-order valence-corrected chi connectivity index (χ0v) is 15.2. The molecular formula is C23H22N2O2. The van der Waals surface area contributed by atoms with Crippen LogP contribution in [0.5, 0.6) is 0 Å². The zero-order chi connectivity index (χ0) is 18.6. The minimum Gasteiger partial charge on any atom is -0.347 e. The van der Waals surface area contributed by atoms with E-state index in [2.05, 4.69) is 11.4 Å². The molecule has 4 nitrogen and oxygen atoms in total. The molecule has 0 unspecified atom stereocenters. The fourth-order valence-corrected chi connectivity index (χ4v) is 3.74. The van der Waals surface area contributed by atoms with Crippen molar-refractivity contribution in [3.8, 4) is 0 Å². The van der Waals surface area contributed by atoms with E-state index in [0.717, 1.165) is 34.9 Å². The third-order valence-electron chi connectivity index (χ3n) is 5.08. The molecule has 0 aliphatic carbocycles. The number of hydrogen-bond donors (Lipinski definition) is 1. The topological polar surface area (TPSA) is 49.4 Å². The molecule has 136 valence electrons. The van der Waals surface area contributed by atoms with Crippen LogP contribution in [0.1, 0.15) is 17.5 Å². The van der Waals surface area contributed by atoms with E-state index in [1.54, 1.807) is 4.90 Å². The molecule has 4 rings (SSSR count). The molecule has 4 heteroatoms. The average molecular weight is 358 g/mol. The van der Waals surface area contributed by atoms with E-state index in [9.17, 15) is 9.59 Å². The standard InChI is InChI=1S/C23H22N2O2/c26-22(15-19-10-5-9-17-7-1-3-12-20(17)19)24-16-23(27)25-14-6-11-18-8-2-4-13-21(18)25/h1-5,7-10,12-13H,6,11,14-16H2,(H,24,26). The Kier molecular flexibility index (Phi) is 4.88. The van der Waals surface area contributed by atoms with E-state index >= 15 is 0 Å². The lowest BCUT2D eigenvalue weighted by Crippen LogP contribution is -2.43. The van der Waals surface area contributed by atoms with Crippen molar-refractivity contribution in [3.63, 3.8) is 0 Å². The predicted octanol–water partition coefficient (Wildman–Crippen LogP) is 3.48. The van der Waals surface area contributed by atoms with E-state index in [4.69, 9.17) is 0 Å². The molecule has 1 aliphatic rings. The van der Waals surface area contributed by atoms with Gasteiger partial charge in [-0.3, -0.25) is 9.59 Å². The fourth-order valence-electron chi connectivity index (χ4n) is 3.74. The van der Waals surface area contributed by atoms with E-state index in [0.29, 0.717) is 6.54 Å². The van der Waals surface area contributed by atoms with Crippen LogP contribution in [0.2, 0.25) is 0 Å². The Morgan fingerprint density at radius 2 is 1.70 bits per heavy atom. The van der Waals surface area contributed by atoms with Crippen LogP contribution >= 0.6 is 0 Å². The smallest absolute Gasteiger partial charge is 0.246 e. The number of carbonyl (C=O) groups is 2. The highest BCUT2D eigenvalue weighted by Crippen LogP contribution is 2.26. The van der Waals surface area contributed by atoms with Crippen molar-refractivity contribution in [2.24, 2.45) is 0 Å². The normalized spacial score (nSPS) is 13.3. The van der Waals surface area contributed by atoms with E-state index in [1.807, 2.05) is 60.7 Å². The Labute approximate surface area is 158 Å². The zero-order valence-electron chi connectivity index (χ0n) is 15.2. The van der Waals surface area contributed by atoms with Crippen LogP contribution in [0, 0.1) is 0 Å². The summed E-state index contributed by atoms with van der Waals surface area (Å²) in [6, 6.07) is 22.0. The SMILES string of the molecule is O=C(Cc1cccc2ccccc12)NCC(=O)N1CCCc2ccccc21. The number of benzene rings is 3. The molecule has 0 bridgehead atoms. The average Bonchev–Trinajstić information content (AvgIpc) is 2.72. The quantitative estimate of drug-likeness (QED) is 0.776. The van der Waals surface area contributed by atoms with E-state index < -0.39 is 0 Å². The second kappa shape index (κ2) is 7.62. The first-order valence-corrected chi connectivity index (χ1v) is 9.34. The monoisotopic (exact) mass is 358 g/mol. The van der Waals surface area contributed by atoms with Crippen LogP contribution in [0.15, 0.2) is 66.7 Å². The van der Waals surface area contributed by atoms with Crippen molar-refractivity contribution >= 4 is 28.3 Å². The Hall–Kier alpha value is -3.14. The van der Waals surface area contributed by atoms with Crippen LogP contribution in [-0.2, 0) is 22.4 Å². The number of carbonyl (C=O) groups excluding carboxylic acids is 2. The predicted molar refractivity (Wildman–Crippen MR) is 108 cm³/mol. The summed E-state index contributed by atoms with van der Waals surface area (Å²) in [5.74, 6) is -0.196. The molecule has 0 aromatic heterocycles. The number of anilines is 1. The van der Waals surface area contributed by atoms with Gasteiger partial charge in [-0.15, -0.1) is 0 Å². The third-order valence-corrected chi connectivity index (χ3v) is 5.08. The van der Waals surface area contributed by atoms with Crippen molar-refractivity contribution < 1.29 is 9.59 Å². The fraction of sp³-hybridized carbons (Fsp3) is 0.217. The van der Waals surface area contributed by atoms with Crippen LogP contribution in [-0.4, -0.2) is 24.9 Å². The minimum atomic E-state index is -0.134. The van der Waals surface area contributed by atoms with E-state index in [1.165, 1.54) is 5.56 Å². The first-order chi connectivity index (χ1) is 13.2. The molecule has 27 heavy (non-hydrogen) atoms. The summed E-state index contributed by atoms with van der Waals surface area (Å²) in [5, 5.41) is 4.98. The summed E-state index contributed by atoms with van der Waals surface area (Å²) in [6.45, 7) is 0.729. The van der Waals surface area contributed by atoms with Crippen LogP contribution in [0.4, 0.5) is 5.69 Å². The molecule has 1 N–H and O–H groups in total. The minimum absolute atomic E-state index is 0.0257. The maximum Gasteiger partial charge on any atom is 0.246 e. The summed E-state index contributed by atoms with van der Waals surface area (Å²) >= 11 is 0. The van der Waals surface area contributed by atoms with Gasteiger partial charge in [-0.05, 0) is 40.8 Å². The lowest BCUT2D eigenvalue weighted by atomic mass is 10.0. The highest BCUT2D eigenvalue weighted by molar-refractivity contribution is 5.98. The molecule has 0 fully saturated rings. The highest BCUT2D eigenvalue weighted by Gasteiger charge is 2.22. The van der Waals surface area contributed by atoms with Crippen molar-refractivity contribution in [2.75, 3.05) is 18.0 Å². The molecule has 1 aliphatic heterocycles. The first-order valence-electron chi connectivity index (χ1n) is 9.34. The van der Waals surface area contributed by atoms with Crippen molar-refractivity contribution in [1.82, 2.24) is 5.32 Å². The summed E-state index contributed by atoms with van der Waals surface area (Å²) in [4.78, 5) is 26.8. The van der Waals surface area contributed by atoms with Gasteiger partial charge >= 0.3 is 0 Å². The molecule has 3 aromatic rings. The molecule has 0 atom stereocenters. The van der Waals surface area contributed by atoms with Crippen molar-refractivity contribution in [2.45, 2.75) is 19.3 Å². The molecule has 1 heterocycles. The molecule has 0 saturated heterocycles. The maximum absolute atomic E-state index is 12.6. The molecule has 0 radical (unpaired) electrons. The van der Waals surface area contributed by atoms with Gasteiger partial charge in [-0.2, -0.15) is 0 Å². The van der Waals surface area contributed by atoms with Gasteiger partial charge < -0.3 is 10.2 Å². The lowest BCUT2D eigenvalue weighted by molar-refractivity contribution is -0.124. The highest BCUT2D eigenvalue weighted by atomic mass is 16.2. The Morgan fingerprint density at radius 3 is 2.63 bits per heavy atom. The van der Waals surface area contributed by atoms with E-state index in [-0.39, 0.29) is 24.8 Å². The number of aryl methyl sites for hydroxylation is 1. The number of para-hydroxylation sites is 1. The van der Waals surface area contributed by atoms with Crippen LogP contribution in [0.3, 0.4) is 0 Å². The van der Waals surface area contributed by atoms with Gasteiger partial charge in [0.15, 0.2) is 0 Å². The van der Waals surface area contributed by atoms with Gasteiger partial charge in [0, 0.05) is 12.2 Å². The summed E-state index contributed by atoms with van der Waals surface area (Å²) < 4.78 is 0. The van der Waals surface area contributed by atoms with Gasteiger partial charge in [-0.25, -0.2) is 0 Å². The van der Waals surface area contributed by atoms with Gasteiger partial charge in [0.1, 0.15) is 0 Å². The van der Waals surface area contributed by atoms with Gasteiger partial charge in [0.05, 0.1) is 13.0 Å². The van der Waals surface area contributed by atoms with Crippen LogP contribution in [0.25, 0.3) is 10.8 Å². The molecule has 2 amide bonds. The number of rotatable bonds is 4. The molecular weight excluding hydrogens is 336 g/mol. The second-order valence-electron chi connectivity index (χ2n) is 6.87. The maximum atomic E-state index is 12.6. The van der Waals surface area contributed by atoms with Crippen LogP contribution < -0.4 is 10.2 Å². The number of nitrogens with one attached hydrogen (secondary N) is 1. The third kappa shape index (κ3) is 3.70. The summed E-state index contributed by atoms with van der Waals surface area (Å²) in [5.41, 5.74) is 3.14. The number of fused-ring (bicyclic) bond motifs is 2. The Balaban J connectivity index is 1.40. The van der Waals surface area contributed by atoms with Gasteiger partial charge in [-0.1, -0.05) is 60.7 Å². The molecule has 3 aromatic carbocycles. The van der Waals surface area contributed by atoms with Gasteiger partial charge in [0.25, 0.3) is 0 Å². The van der Waals surface area contributed by atoms with Crippen molar-refractivity contribution in [3.05, 3.63) is 77.9 Å². The summed E-state index contributed by atoms with van der Waals surface area (Å²) in [6.07, 6.45) is 2.21. The van der Waals surface area contributed by atoms with Gasteiger partial charge in [0.2, 0.25) is 11.8 Å². The first kappa shape index (κ1) is 17.3. The molecule has 0 saturated carbocycles. The number of nitrogens with zero attached hydrogens (tertiary/aromatic N) is 1. The Bertz CT molecular complexity index is 991.